The van der Waals surface area contributed by atoms with Gasteiger partial charge in [0.05, 0.1) is 6.61 Å². The summed E-state index contributed by atoms with van der Waals surface area (Å²) in [6, 6.07) is 0.820. The first-order valence-corrected chi connectivity index (χ1v) is 8.83. The van der Waals surface area contributed by atoms with Crippen molar-refractivity contribution >= 4 is 0 Å². The minimum Gasteiger partial charge on any atom is -0.381 e. The van der Waals surface area contributed by atoms with E-state index in [0.717, 1.165) is 25.2 Å². The molecule has 3 nitrogen and oxygen atoms in total. The highest BCUT2D eigenvalue weighted by Crippen LogP contribution is 2.32. The van der Waals surface area contributed by atoms with Crippen molar-refractivity contribution in [3.05, 3.63) is 0 Å². The summed E-state index contributed by atoms with van der Waals surface area (Å²) in [4.78, 5) is 2.74. The van der Waals surface area contributed by atoms with E-state index in [1.165, 1.54) is 71.1 Å². The minimum absolute atomic E-state index is 0.397. The lowest BCUT2D eigenvalue weighted by Crippen LogP contribution is -2.45. The third-order valence-electron chi connectivity index (χ3n) is 5.60. The predicted molar refractivity (Wildman–Crippen MR) is 83.0 cm³/mol. The quantitative estimate of drug-likeness (QED) is 0.809. The SMILES string of the molecule is CCC1CCCN(CC2(CNC3CC3)CCOC2)CC1. The third-order valence-corrected chi connectivity index (χ3v) is 5.60. The van der Waals surface area contributed by atoms with E-state index in [0.29, 0.717) is 5.41 Å². The van der Waals surface area contributed by atoms with Crippen LogP contribution in [0.15, 0.2) is 0 Å². The molecule has 2 unspecified atom stereocenters. The molecule has 2 atom stereocenters. The Morgan fingerprint density at radius 3 is 2.80 bits per heavy atom. The second-order valence-electron chi connectivity index (χ2n) is 7.44. The van der Waals surface area contributed by atoms with Crippen LogP contribution in [0.2, 0.25) is 0 Å². The van der Waals surface area contributed by atoms with E-state index in [2.05, 4.69) is 17.1 Å². The van der Waals surface area contributed by atoms with E-state index in [-0.39, 0.29) is 0 Å². The molecule has 3 fully saturated rings. The molecular formula is C17H32N2O. The molecule has 3 rings (SSSR count). The zero-order chi connectivity index (χ0) is 13.8. The van der Waals surface area contributed by atoms with Gasteiger partial charge in [-0.1, -0.05) is 13.3 Å². The third kappa shape index (κ3) is 3.96. The van der Waals surface area contributed by atoms with Gasteiger partial charge in [0.25, 0.3) is 0 Å². The van der Waals surface area contributed by atoms with Gasteiger partial charge in [-0.15, -0.1) is 0 Å². The molecule has 0 radical (unpaired) electrons. The van der Waals surface area contributed by atoms with E-state index in [1.807, 2.05) is 0 Å². The second kappa shape index (κ2) is 6.76. The summed E-state index contributed by atoms with van der Waals surface area (Å²) < 4.78 is 5.76. The Bertz CT molecular complexity index is 297. The highest BCUT2D eigenvalue weighted by Gasteiger charge is 2.38. The van der Waals surface area contributed by atoms with Gasteiger partial charge in [-0.2, -0.15) is 0 Å². The van der Waals surface area contributed by atoms with Crippen LogP contribution in [0.5, 0.6) is 0 Å². The Kier molecular flexibility index (Phi) is 5.00. The lowest BCUT2D eigenvalue weighted by atomic mass is 9.86. The molecule has 0 aromatic carbocycles. The van der Waals surface area contributed by atoms with Gasteiger partial charge in [0, 0.05) is 31.2 Å². The zero-order valence-electron chi connectivity index (χ0n) is 13.2. The molecule has 116 valence electrons. The predicted octanol–water partition coefficient (Wildman–Crippen LogP) is 2.66. The summed E-state index contributed by atoms with van der Waals surface area (Å²) in [6.45, 7) is 9.34. The van der Waals surface area contributed by atoms with Crippen molar-refractivity contribution < 1.29 is 4.74 Å². The van der Waals surface area contributed by atoms with E-state index in [4.69, 9.17) is 4.74 Å². The van der Waals surface area contributed by atoms with Gasteiger partial charge in [0.15, 0.2) is 0 Å². The first-order chi connectivity index (χ1) is 9.80. The largest absolute Gasteiger partial charge is 0.381 e. The van der Waals surface area contributed by atoms with Crippen LogP contribution in [0.3, 0.4) is 0 Å². The first-order valence-electron chi connectivity index (χ1n) is 8.83. The fraction of sp³-hybridized carbons (Fsp3) is 1.00. The maximum Gasteiger partial charge on any atom is 0.0547 e. The number of likely N-dealkylation sites (tertiary alicyclic amines) is 1. The van der Waals surface area contributed by atoms with Crippen molar-refractivity contribution in [2.24, 2.45) is 11.3 Å². The molecule has 2 heterocycles. The average molecular weight is 280 g/mol. The summed E-state index contributed by atoms with van der Waals surface area (Å²) in [5, 5.41) is 3.76. The fourth-order valence-corrected chi connectivity index (χ4v) is 3.88. The van der Waals surface area contributed by atoms with Gasteiger partial charge in [0.1, 0.15) is 0 Å². The van der Waals surface area contributed by atoms with Crippen molar-refractivity contribution in [2.75, 3.05) is 39.4 Å². The number of ether oxygens (including phenoxy) is 1. The van der Waals surface area contributed by atoms with Crippen LogP contribution in [0, 0.1) is 11.3 Å². The summed E-state index contributed by atoms with van der Waals surface area (Å²) in [5.74, 6) is 0.973. The van der Waals surface area contributed by atoms with Crippen molar-refractivity contribution in [3.63, 3.8) is 0 Å². The Morgan fingerprint density at radius 1 is 1.20 bits per heavy atom. The van der Waals surface area contributed by atoms with Crippen LogP contribution in [0.1, 0.15) is 51.9 Å². The van der Waals surface area contributed by atoms with Crippen LogP contribution < -0.4 is 5.32 Å². The van der Waals surface area contributed by atoms with Gasteiger partial charge in [-0.3, -0.25) is 0 Å². The fourth-order valence-electron chi connectivity index (χ4n) is 3.88. The number of rotatable bonds is 6. The van der Waals surface area contributed by atoms with Crippen LogP contribution in [0.4, 0.5) is 0 Å². The van der Waals surface area contributed by atoms with E-state index >= 15 is 0 Å². The summed E-state index contributed by atoms with van der Waals surface area (Å²) >= 11 is 0. The lowest BCUT2D eigenvalue weighted by Gasteiger charge is -2.34. The number of nitrogens with one attached hydrogen (secondary N) is 1. The molecule has 0 amide bonds. The number of hydrogen-bond acceptors (Lipinski definition) is 3. The molecule has 3 aliphatic rings. The smallest absolute Gasteiger partial charge is 0.0547 e. The van der Waals surface area contributed by atoms with E-state index < -0.39 is 0 Å². The highest BCUT2D eigenvalue weighted by molar-refractivity contribution is 4.92. The monoisotopic (exact) mass is 280 g/mol. The lowest BCUT2D eigenvalue weighted by molar-refractivity contribution is 0.109. The van der Waals surface area contributed by atoms with Crippen LogP contribution >= 0.6 is 0 Å². The van der Waals surface area contributed by atoms with E-state index in [1.54, 1.807) is 0 Å². The summed E-state index contributed by atoms with van der Waals surface area (Å²) in [6.07, 6.45) is 9.63. The highest BCUT2D eigenvalue weighted by atomic mass is 16.5. The van der Waals surface area contributed by atoms with Gasteiger partial charge in [0.2, 0.25) is 0 Å². The number of nitrogens with zero attached hydrogens (tertiary/aromatic N) is 1. The molecule has 1 N–H and O–H groups in total. The Balaban J connectivity index is 1.52. The molecule has 1 aliphatic carbocycles. The molecule has 0 aromatic rings. The van der Waals surface area contributed by atoms with Gasteiger partial charge in [-0.05, 0) is 57.5 Å². The molecule has 3 heteroatoms. The average Bonchev–Trinajstić information content (AvgIpc) is 3.22. The topological polar surface area (TPSA) is 24.5 Å². The van der Waals surface area contributed by atoms with Gasteiger partial charge < -0.3 is 15.0 Å². The van der Waals surface area contributed by atoms with Gasteiger partial charge >= 0.3 is 0 Å². The standard InChI is InChI=1S/C17H32N2O/c1-2-15-4-3-9-19(10-7-15)13-17(8-11-20-14-17)12-18-16-5-6-16/h15-16,18H,2-14H2,1H3. The van der Waals surface area contributed by atoms with Crippen molar-refractivity contribution in [3.8, 4) is 0 Å². The molecule has 0 aromatic heterocycles. The van der Waals surface area contributed by atoms with Crippen LogP contribution in [-0.2, 0) is 4.74 Å². The Hall–Kier alpha value is -0.120. The van der Waals surface area contributed by atoms with Crippen molar-refractivity contribution in [2.45, 2.75) is 57.9 Å². The van der Waals surface area contributed by atoms with E-state index in [9.17, 15) is 0 Å². The number of hydrogen-bond donors (Lipinski definition) is 1. The normalized spacial score (nSPS) is 36.1. The Morgan fingerprint density at radius 2 is 2.10 bits per heavy atom. The molecule has 20 heavy (non-hydrogen) atoms. The zero-order valence-corrected chi connectivity index (χ0v) is 13.2. The maximum absolute atomic E-state index is 5.76. The van der Waals surface area contributed by atoms with Crippen molar-refractivity contribution in [1.82, 2.24) is 10.2 Å². The molecular weight excluding hydrogens is 248 g/mol. The molecule has 0 bridgehead atoms. The molecule has 1 saturated carbocycles. The summed E-state index contributed by atoms with van der Waals surface area (Å²) in [7, 11) is 0. The van der Waals surface area contributed by atoms with Crippen LogP contribution in [0.25, 0.3) is 0 Å². The molecule has 2 saturated heterocycles. The minimum atomic E-state index is 0.397. The Labute approximate surface area is 124 Å². The van der Waals surface area contributed by atoms with Gasteiger partial charge in [-0.25, -0.2) is 0 Å². The summed E-state index contributed by atoms with van der Waals surface area (Å²) in [5.41, 5.74) is 0.397. The van der Waals surface area contributed by atoms with Crippen LogP contribution in [-0.4, -0.2) is 50.3 Å². The van der Waals surface area contributed by atoms with Crippen molar-refractivity contribution in [1.29, 1.82) is 0 Å². The second-order valence-corrected chi connectivity index (χ2v) is 7.44. The molecule has 2 aliphatic heterocycles. The first kappa shape index (κ1) is 14.8. The maximum atomic E-state index is 5.76. The molecule has 0 spiro atoms.